The SMILES string of the molecule is O=C(N[C@H]1CCCC2(C1)OCCO2)c1ccc[nH]c1=O. The van der Waals surface area contributed by atoms with Crippen LogP contribution in [-0.2, 0) is 9.47 Å². The first-order chi connectivity index (χ1) is 9.69. The van der Waals surface area contributed by atoms with Crippen molar-refractivity contribution in [2.45, 2.75) is 37.5 Å². The van der Waals surface area contributed by atoms with Gasteiger partial charge in [0, 0.05) is 25.1 Å². The fraction of sp³-hybridized carbons (Fsp3) is 0.571. The highest BCUT2D eigenvalue weighted by Crippen LogP contribution is 2.35. The Morgan fingerprint density at radius 1 is 1.40 bits per heavy atom. The number of carbonyl (C=O) groups is 1. The smallest absolute Gasteiger partial charge is 0.260 e. The molecule has 2 aliphatic rings. The molecule has 1 atom stereocenters. The van der Waals surface area contributed by atoms with Crippen molar-refractivity contribution < 1.29 is 14.3 Å². The third kappa shape index (κ3) is 2.62. The number of ether oxygens (including phenoxy) is 2. The maximum atomic E-state index is 12.1. The Labute approximate surface area is 116 Å². The molecule has 1 aromatic rings. The van der Waals surface area contributed by atoms with Crippen LogP contribution in [0.1, 0.15) is 36.0 Å². The van der Waals surface area contributed by atoms with Crippen molar-refractivity contribution in [3.8, 4) is 0 Å². The van der Waals surface area contributed by atoms with E-state index in [0.29, 0.717) is 19.6 Å². The molecule has 1 spiro atoms. The standard InChI is InChI=1S/C14H18N2O4/c17-12-11(4-2-6-15-12)13(18)16-10-3-1-5-14(9-10)19-7-8-20-14/h2,4,6,10H,1,3,5,7-9H2,(H,15,17)(H,16,18)/t10-/m0/s1. The lowest BCUT2D eigenvalue weighted by Gasteiger charge is -2.36. The van der Waals surface area contributed by atoms with E-state index in [2.05, 4.69) is 10.3 Å². The van der Waals surface area contributed by atoms with Crippen molar-refractivity contribution in [2.24, 2.45) is 0 Å². The quantitative estimate of drug-likeness (QED) is 0.838. The van der Waals surface area contributed by atoms with Gasteiger partial charge in [0.25, 0.3) is 11.5 Å². The number of aromatic amines is 1. The lowest BCUT2D eigenvalue weighted by molar-refractivity contribution is -0.181. The first-order valence-electron chi connectivity index (χ1n) is 6.95. The van der Waals surface area contributed by atoms with Crippen LogP contribution in [0.15, 0.2) is 23.1 Å². The number of carbonyl (C=O) groups excluding carboxylic acids is 1. The molecule has 0 bridgehead atoms. The summed E-state index contributed by atoms with van der Waals surface area (Å²) >= 11 is 0. The molecule has 20 heavy (non-hydrogen) atoms. The van der Waals surface area contributed by atoms with E-state index in [1.807, 2.05) is 0 Å². The molecule has 6 heteroatoms. The summed E-state index contributed by atoms with van der Waals surface area (Å²) in [6.07, 6.45) is 4.84. The van der Waals surface area contributed by atoms with E-state index >= 15 is 0 Å². The van der Waals surface area contributed by atoms with E-state index in [-0.39, 0.29) is 23.1 Å². The van der Waals surface area contributed by atoms with Gasteiger partial charge < -0.3 is 19.8 Å². The molecule has 2 heterocycles. The summed E-state index contributed by atoms with van der Waals surface area (Å²) < 4.78 is 11.4. The Kier molecular flexibility index (Phi) is 3.58. The zero-order valence-corrected chi connectivity index (χ0v) is 11.2. The highest BCUT2D eigenvalue weighted by atomic mass is 16.7. The van der Waals surface area contributed by atoms with Gasteiger partial charge in [-0.2, -0.15) is 0 Å². The van der Waals surface area contributed by atoms with Crippen molar-refractivity contribution in [1.82, 2.24) is 10.3 Å². The Bertz CT molecular complexity index is 548. The van der Waals surface area contributed by atoms with Gasteiger partial charge in [-0.25, -0.2) is 0 Å². The lowest BCUT2D eigenvalue weighted by Crippen LogP contribution is -2.47. The second-order valence-electron chi connectivity index (χ2n) is 5.29. The highest BCUT2D eigenvalue weighted by Gasteiger charge is 2.41. The molecule has 1 saturated carbocycles. The van der Waals surface area contributed by atoms with Gasteiger partial charge in [-0.1, -0.05) is 0 Å². The van der Waals surface area contributed by atoms with Crippen LogP contribution < -0.4 is 10.9 Å². The van der Waals surface area contributed by atoms with Gasteiger partial charge in [0.1, 0.15) is 5.56 Å². The molecule has 2 fully saturated rings. The van der Waals surface area contributed by atoms with Crippen LogP contribution in [0.2, 0.25) is 0 Å². The predicted octanol–water partition coefficient (Wildman–Crippen LogP) is 0.790. The molecule has 0 aromatic carbocycles. The topological polar surface area (TPSA) is 80.4 Å². The number of H-pyrrole nitrogens is 1. The van der Waals surface area contributed by atoms with Gasteiger partial charge >= 0.3 is 0 Å². The number of amides is 1. The predicted molar refractivity (Wildman–Crippen MR) is 71.4 cm³/mol. The van der Waals surface area contributed by atoms with E-state index in [1.54, 1.807) is 6.07 Å². The Balaban J connectivity index is 1.67. The monoisotopic (exact) mass is 278 g/mol. The third-order valence-electron chi connectivity index (χ3n) is 3.88. The number of hydrogen-bond donors (Lipinski definition) is 2. The molecule has 1 amide bonds. The molecule has 108 valence electrons. The zero-order valence-electron chi connectivity index (χ0n) is 11.2. The molecule has 3 rings (SSSR count). The second-order valence-corrected chi connectivity index (χ2v) is 5.29. The van der Waals surface area contributed by atoms with Crippen molar-refractivity contribution in [1.29, 1.82) is 0 Å². The highest BCUT2D eigenvalue weighted by molar-refractivity contribution is 5.93. The van der Waals surface area contributed by atoms with Crippen LogP contribution in [0.5, 0.6) is 0 Å². The van der Waals surface area contributed by atoms with E-state index in [4.69, 9.17) is 9.47 Å². The lowest BCUT2D eigenvalue weighted by atomic mass is 9.89. The maximum Gasteiger partial charge on any atom is 0.260 e. The van der Waals surface area contributed by atoms with E-state index < -0.39 is 5.79 Å². The number of nitrogens with one attached hydrogen (secondary N) is 2. The molecular formula is C14H18N2O4. The number of rotatable bonds is 2. The van der Waals surface area contributed by atoms with Gasteiger partial charge in [-0.3, -0.25) is 9.59 Å². The van der Waals surface area contributed by atoms with Crippen LogP contribution in [0.4, 0.5) is 0 Å². The Morgan fingerprint density at radius 2 is 2.20 bits per heavy atom. The summed E-state index contributed by atoms with van der Waals surface area (Å²) in [5.74, 6) is -0.869. The first-order valence-corrected chi connectivity index (χ1v) is 6.95. The number of aromatic nitrogens is 1. The summed E-state index contributed by atoms with van der Waals surface area (Å²) in [7, 11) is 0. The molecule has 0 radical (unpaired) electrons. The molecule has 1 aliphatic heterocycles. The fourth-order valence-corrected chi connectivity index (χ4v) is 2.94. The van der Waals surface area contributed by atoms with Crippen molar-refractivity contribution in [3.05, 3.63) is 34.2 Å². The largest absolute Gasteiger partial charge is 0.349 e. The minimum atomic E-state index is -0.528. The second kappa shape index (κ2) is 5.38. The molecule has 1 aromatic heterocycles. The summed E-state index contributed by atoms with van der Waals surface area (Å²) in [6.45, 7) is 1.22. The van der Waals surface area contributed by atoms with Crippen LogP contribution in [0, 0.1) is 0 Å². The minimum absolute atomic E-state index is 0.0195. The summed E-state index contributed by atoms with van der Waals surface area (Å²) in [5, 5.41) is 2.91. The normalized spacial score (nSPS) is 24.7. The van der Waals surface area contributed by atoms with E-state index in [0.717, 1.165) is 19.3 Å². The molecule has 2 N–H and O–H groups in total. The first kappa shape index (κ1) is 13.3. The van der Waals surface area contributed by atoms with Gasteiger partial charge in [0.2, 0.25) is 0 Å². The van der Waals surface area contributed by atoms with Gasteiger partial charge in [0.05, 0.1) is 13.2 Å². The number of pyridine rings is 1. The zero-order chi connectivity index (χ0) is 14.0. The maximum absolute atomic E-state index is 12.1. The van der Waals surface area contributed by atoms with Crippen molar-refractivity contribution >= 4 is 5.91 Å². The average molecular weight is 278 g/mol. The summed E-state index contributed by atoms with van der Waals surface area (Å²) in [5.41, 5.74) is -0.232. The van der Waals surface area contributed by atoms with Crippen LogP contribution in [-0.4, -0.2) is 35.9 Å². The van der Waals surface area contributed by atoms with Crippen molar-refractivity contribution in [2.75, 3.05) is 13.2 Å². The third-order valence-corrected chi connectivity index (χ3v) is 3.88. The van der Waals surface area contributed by atoms with Crippen LogP contribution in [0.3, 0.4) is 0 Å². The molecule has 1 saturated heterocycles. The summed E-state index contributed by atoms with van der Waals surface area (Å²) in [4.78, 5) is 26.2. The van der Waals surface area contributed by atoms with Gasteiger partial charge in [0.15, 0.2) is 5.79 Å². The van der Waals surface area contributed by atoms with Crippen LogP contribution >= 0.6 is 0 Å². The molecule has 1 aliphatic carbocycles. The molecule has 6 nitrogen and oxygen atoms in total. The Hall–Kier alpha value is -1.66. The fourth-order valence-electron chi connectivity index (χ4n) is 2.94. The minimum Gasteiger partial charge on any atom is -0.349 e. The average Bonchev–Trinajstić information content (AvgIpc) is 2.87. The van der Waals surface area contributed by atoms with E-state index in [1.165, 1.54) is 12.3 Å². The number of hydrogen-bond acceptors (Lipinski definition) is 4. The molecule has 0 unspecified atom stereocenters. The van der Waals surface area contributed by atoms with Gasteiger partial charge in [-0.05, 0) is 25.0 Å². The van der Waals surface area contributed by atoms with Gasteiger partial charge in [-0.15, -0.1) is 0 Å². The van der Waals surface area contributed by atoms with E-state index in [9.17, 15) is 9.59 Å². The Morgan fingerprint density at radius 3 is 2.95 bits per heavy atom. The van der Waals surface area contributed by atoms with Crippen molar-refractivity contribution in [3.63, 3.8) is 0 Å². The summed E-state index contributed by atoms with van der Waals surface area (Å²) in [6, 6.07) is 3.14. The molecular weight excluding hydrogens is 260 g/mol. The van der Waals surface area contributed by atoms with Crippen LogP contribution in [0.25, 0.3) is 0 Å².